The molecule has 0 unspecified atom stereocenters. The van der Waals surface area contributed by atoms with Crippen LogP contribution in [0.2, 0.25) is 0 Å². The Morgan fingerprint density at radius 1 is 1.45 bits per heavy atom. The predicted octanol–water partition coefficient (Wildman–Crippen LogP) is 2.66. The minimum atomic E-state index is -0.370. The van der Waals surface area contributed by atoms with Crippen LogP contribution in [0.15, 0.2) is 23.6 Å². The summed E-state index contributed by atoms with van der Waals surface area (Å²) in [5, 5.41) is 16.2. The first-order chi connectivity index (χ1) is 9.69. The number of pyridine rings is 1. The minimum Gasteiger partial charge on any atom is -0.373 e. The second-order valence-corrected chi connectivity index (χ2v) is 5.59. The zero-order valence-corrected chi connectivity index (χ0v) is 11.8. The Kier molecular flexibility index (Phi) is 3.27. The van der Waals surface area contributed by atoms with Crippen LogP contribution in [0.1, 0.15) is 10.4 Å². The van der Waals surface area contributed by atoms with E-state index < -0.39 is 0 Å². The number of rotatable bonds is 3. The molecule has 0 fully saturated rings. The lowest BCUT2D eigenvalue weighted by molar-refractivity contribution is -0.384. The third-order valence-corrected chi connectivity index (χ3v) is 4.44. The molecule has 1 aliphatic heterocycles. The molecule has 3 heterocycles. The summed E-state index contributed by atoms with van der Waals surface area (Å²) >= 11 is 1.75. The maximum Gasteiger partial charge on any atom is 0.311 e. The molecule has 3 rings (SSSR count). The molecule has 0 saturated heterocycles. The molecular formula is C13H14N4O2S. The summed E-state index contributed by atoms with van der Waals surface area (Å²) in [4.78, 5) is 18.5. The van der Waals surface area contributed by atoms with E-state index in [4.69, 9.17) is 0 Å². The molecule has 0 aromatic carbocycles. The van der Waals surface area contributed by atoms with Crippen molar-refractivity contribution in [2.75, 3.05) is 23.8 Å². The van der Waals surface area contributed by atoms with E-state index in [0.717, 1.165) is 13.0 Å². The maximum absolute atomic E-state index is 11.2. The molecule has 7 heteroatoms. The van der Waals surface area contributed by atoms with E-state index in [1.807, 2.05) is 4.90 Å². The third kappa shape index (κ3) is 2.20. The number of fused-ring (bicyclic) bond motifs is 1. The molecule has 0 bridgehead atoms. The summed E-state index contributed by atoms with van der Waals surface area (Å²) in [5.41, 5.74) is 1.30. The number of aromatic nitrogens is 1. The highest BCUT2D eigenvalue weighted by atomic mass is 32.1. The van der Waals surface area contributed by atoms with E-state index in [1.165, 1.54) is 16.5 Å². The van der Waals surface area contributed by atoms with Crippen molar-refractivity contribution in [2.45, 2.75) is 13.0 Å². The smallest absolute Gasteiger partial charge is 0.311 e. The van der Waals surface area contributed by atoms with Crippen LogP contribution >= 0.6 is 11.3 Å². The molecular weight excluding hydrogens is 276 g/mol. The highest BCUT2D eigenvalue weighted by molar-refractivity contribution is 7.10. The van der Waals surface area contributed by atoms with Gasteiger partial charge < -0.3 is 10.2 Å². The van der Waals surface area contributed by atoms with E-state index in [9.17, 15) is 10.1 Å². The molecule has 0 saturated carbocycles. The fourth-order valence-electron chi connectivity index (χ4n) is 2.38. The van der Waals surface area contributed by atoms with Crippen molar-refractivity contribution in [3.8, 4) is 0 Å². The Hall–Kier alpha value is -2.15. The standard InChI is InChI=1S/C13H14N4O2S/c1-14-12-3-2-10(17(18)19)13(15-12)16-6-4-11-9(8-16)5-7-20-11/h2-3,5,7H,4,6,8H2,1H3,(H,14,15). The molecule has 1 N–H and O–H groups in total. The largest absolute Gasteiger partial charge is 0.373 e. The Morgan fingerprint density at radius 2 is 2.30 bits per heavy atom. The molecule has 0 atom stereocenters. The van der Waals surface area contributed by atoms with Gasteiger partial charge in [0.2, 0.25) is 5.82 Å². The van der Waals surface area contributed by atoms with E-state index in [-0.39, 0.29) is 10.6 Å². The van der Waals surface area contributed by atoms with Crippen LogP contribution in [0.25, 0.3) is 0 Å². The Balaban J connectivity index is 1.99. The van der Waals surface area contributed by atoms with Crippen molar-refractivity contribution in [1.82, 2.24) is 4.98 Å². The van der Waals surface area contributed by atoms with Crippen LogP contribution in [-0.2, 0) is 13.0 Å². The lowest BCUT2D eigenvalue weighted by atomic mass is 10.1. The topological polar surface area (TPSA) is 71.3 Å². The van der Waals surface area contributed by atoms with Gasteiger partial charge in [-0.05, 0) is 29.5 Å². The summed E-state index contributed by atoms with van der Waals surface area (Å²) in [7, 11) is 1.76. The number of nitro groups is 1. The fraction of sp³-hybridized carbons (Fsp3) is 0.308. The monoisotopic (exact) mass is 290 g/mol. The lowest BCUT2D eigenvalue weighted by Crippen LogP contribution is -2.30. The number of anilines is 2. The van der Waals surface area contributed by atoms with Crippen molar-refractivity contribution in [1.29, 1.82) is 0 Å². The van der Waals surface area contributed by atoms with Gasteiger partial charge in [-0.3, -0.25) is 10.1 Å². The summed E-state index contributed by atoms with van der Waals surface area (Å²) < 4.78 is 0. The van der Waals surface area contributed by atoms with Crippen LogP contribution in [0, 0.1) is 10.1 Å². The van der Waals surface area contributed by atoms with Gasteiger partial charge in [0.1, 0.15) is 5.82 Å². The molecule has 2 aromatic rings. The van der Waals surface area contributed by atoms with Gasteiger partial charge in [0, 0.05) is 31.1 Å². The van der Waals surface area contributed by atoms with E-state index in [0.29, 0.717) is 18.2 Å². The molecule has 0 amide bonds. The van der Waals surface area contributed by atoms with Crippen LogP contribution in [0.5, 0.6) is 0 Å². The average Bonchev–Trinajstić information content (AvgIpc) is 2.93. The first-order valence-electron chi connectivity index (χ1n) is 6.32. The Bertz CT molecular complexity index is 656. The summed E-state index contributed by atoms with van der Waals surface area (Å²) in [6.07, 6.45) is 0.912. The van der Waals surface area contributed by atoms with E-state index in [2.05, 4.69) is 21.7 Å². The molecule has 20 heavy (non-hydrogen) atoms. The molecule has 0 spiro atoms. The highest BCUT2D eigenvalue weighted by Gasteiger charge is 2.25. The first kappa shape index (κ1) is 12.9. The second kappa shape index (κ2) is 5.09. The Morgan fingerprint density at radius 3 is 3.05 bits per heavy atom. The van der Waals surface area contributed by atoms with Gasteiger partial charge in [-0.25, -0.2) is 4.98 Å². The SMILES string of the molecule is CNc1ccc([N+](=O)[O-])c(N2CCc3sccc3C2)n1. The minimum absolute atomic E-state index is 0.0580. The van der Waals surface area contributed by atoms with Gasteiger partial charge in [0.15, 0.2) is 0 Å². The van der Waals surface area contributed by atoms with Gasteiger partial charge in [-0.2, -0.15) is 0 Å². The first-order valence-corrected chi connectivity index (χ1v) is 7.20. The van der Waals surface area contributed by atoms with Crippen molar-refractivity contribution in [2.24, 2.45) is 0 Å². The van der Waals surface area contributed by atoms with Crippen molar-refractivity contribution in [3.63, 3.8) is 0 Å². The average molecular weight is 290 g/mol. The predicted molar refractivity (Wildman–Crippen MR) is 79.5 cm³/mol. The normalized spacial score (nSPS) is 13.9. The molecule has 2 aromatic heterocycles. The number of nitrogens with zero attached hydrogens (tertiary/aromatic N) is 3. The van der Waals surface area contributed by atoms with Crippen LogP contribution < -0.4 is 10.2 Å². The van der Waals surface area contributed by atoms with Crippen molar-refractivity contribution >= 4 is 28.7 Å². The van der Waals surface area contributed by atoms with Crippen molar-refractivity contribution < 1.29 is 4.92 Å². The lowest BCUT2D eigenvalue weighted by Gasteiger charge is -2.27. The summed E-state index contributed by atoms with van der Waals surface area (Å²) in [6.45, 7) is 1.44. The van der Waals surface area contributed by atoms with Crippen LogP contribution in [0.4, 0.5) is 17.3 Å². The second-order valence-electron chi connectivity index (χ2n) is 4.59. The fourth-order valence-corrected chi connectivity index (χ4v) is 3.27. The van der Waals surface area contributed by atoms with Crippen LogP contribution in [0.3, 0.4) is 0 Å². The number of thiophene rings is 1. The molecule has 6 nitrogen and oxygen atoms in total. The molecule has 0 radical (unpaired) electrons. The zero-order valence-electron chi connectivity index (χ0n) is 11.0. The van der Waals surface area contributed by atoms with Gasteiger partial charge in [-0.15, -0.1) is 11.3 Å². The van der Waals surface area contributed by atoms with E-state index in [1.54, 1.807) is 24.5 Å². The van der Waals surface area contributed by atoms with Gasteiger partial charge >= 0.3 is 5.69 Å². The third-order valence-electron chi connectivity index (χ3n) is 3.41. The molecule has 104 valence electrons. The van der Waals surface area contributed by atoms with Gasteiger partial charge in [-0.1, -0.05) is 0 Å². The summed E-state index contributed by atoms with van der Waals surface area (Å²) in [6, 6.07) is 5.22. The summed E-state index contributed by atoms with van der Waals surface area (Å²) in [5.74, 6) is 1.08. The number of nitrogens with one attached hydrogen (secondary N) is 1. The zero-order chi connectivity index (χ0) is 14.1. The maximum atomic E-state index is 11.2. The number of hydrogen-bond donors (Lipinski definition) is 1. The van der Waals surface area contributed by atoms with E-state index >= 15 is 0 Å². The van der Waals surface area contributed by atoms with Crippen LogP contribution in [-0.4, -0.2) is 23.5 Å². The number of hydrogen-bond acceptors (Lipinski definition) is 6. The molecule has 0 aliphatic carbocycles. The Labute approximate surface area is 120 Å². The van der Waals surface area contributed by atoms with Gasteiger partial charge in [0.05, 0.1) is 4.92 Å². The highest BCUT2D eigenvalue weighted by Crippen LogP contribution is 2.32. The quantitative estimate of drug-likeness (QED) is 0.695. The molecule has 1 aliphatic rings. The van der Waals surface area contributed by atoms with Gasteiger partial charge in [0.25, 0.3) is 0 Å². The van der Waals surface area contributed by atoms with Crippen molar-refractivity contribution in [3.05, 3.63) is 44.1 Å².